The molecule has 3 amide bonds. The zero-order chi connectivity index (χ0) is 38.2. The van der Waals surface area contributed by atoms with Gasteiger partial charge in [0.1, 0.15) is 5.78 Å². The van der Waals surface area contributed by atoms with Crippen LogP contribution in [0, 0.1) is 0 Å². The van der Waals surface area contributed by atoms with Gasteiger partial charge in [0.15, 0.2) is 5.95 Å². The number of carbonyl (C=O) groups excluding carboxylic acids is 3. The number of anilines is 1. The van der Waals surface area contributed by atoms with E-state index in [4.69, 9.17) is 5.73 Å². The van der Waals surface area contributed by atoms with Gasteiger partial charge in [0.2, 0.25) is 5.91 Å². The van der Waals surface area contributed by atoms with Gasteiger partial charge in [-0.25, -0.2) is 9.78 Å². The number of nitrogen functional groups attached to an aromatic ring is 1. The first-order valence-corrected chi connectivity index (χ1v) is 22.6. The van der Waals surface area contributed by atoms with Crippen molar-refractivity contribution in [3.63, 3.8) is 0 Å². The number of thioether (sulfide) groups is 1. The van der Waals surface area contributed by atoms with E-state index in [9.17, 15) is 14.4 Å². The van der Waals surface area contributed by atoms with E-state index in [0.717, 1.165) is 107 Å². The molecule has 2 aliphatic rings. The van der Waals surface area contributed by atoms with E-state index >= 15 is 0 Å². The molecule has 0 spiro atoms. The van der Waals surface area contributed by atoms with Gasteiger partial charge in [0.05, 0.1) is 24.0 Å². The number of carbonyl (C=O) groups is 3. The maximum atomic E-state index is 13.2. The monoisotopic (exact) mass is 770 g/mol. The number of aromatic nitrogens is 5. The van der Waals surface area contributed by atoms with Crippen LogP contribution >= 0.6 is 11.8 Å². The maximum absolute atomic E-state index is 13.2. The quantitative estimate of drug-likeness (QED) is 0.0431. The number of nitrogens with one attached hydrogen (secondary N) is 3. The average molecular weight is 770 g/mol. The number of aromatic amines is 1. The number of hydrogen-bond donors (Lipinski definition) is 4. The molecule has 0 bridgehead atoms. The summed E-state index contributed by atoms with van der Waals surface area (Å²) in [6.07, 6.45) is 30.5. The van der Waals surface area contributed by atoms with E-state index in [-0.39, 0.29) is 24.0 Å². The van der Waals surface area contributed by atoms with E-state index in [1.54, 1.807) is 6.20 Å². The molecule has 54 heavy (non-hydrogen) atoms. The Hall–Kier alpha value is -3.09. The molecule has 2 fully saturated rings. The molecule has 13 heteroatoms. The molecule has 0 saturated carbocycles. The minimum atomic E-state index is -0.0424. The Balaban J connectivity index is 1.03. The second-order valence-electron chi connectivity index (χ2n) is 15.7. The van der Waals surface area contributed by atoms with Gasteiger partial charge >= 0.3 is 6.03 Å². The molecular formula is C41H71N9O3S. The summed E-state index contributed by atoms with van der Waals surface area (Å²) in [6.45, 7) is 4.68. The molecular weight excluding hydrogens is 699 g/mol. The van der Waals surface area contributed by atoms with Crippen LogP contribution in [-0.4, -0.2) is 83.8 Å². The SMILES string of the molecule is CCCCCCCCCCCCCN(CCCCCCc1cn(CCCC(=O)CCCC[C@@H]2SC[C@@H]3NC(=O)N[C@@H]32)nn1)C(=O)CCCc1cnc(N)[nH]1. The minimum Gasteiger partial charge on any atom is -0.369 e. The molecule has 2 saturated heterocycles. The summed E-state index contributed by atoms with van der Waals surface area (Å²) in [5, 5.41) is 15.2. The van der Waals surface area contributed by atoms with Gasteiger partial charge in [0.25, 0.3) is 0 Å². The summed E-state index contributed by atoms with van der Waals surface area (Å²) in [5.41, 5.74) is 7.71. The number of amides is 3. The van der Waals surface area contributed by atoms with Crippen LogP contribution in [0.5, 0.6) is 0 Å². The molecule has 4 heterocycles. The number of aryl methyl sites for hydroxylation is 3. The molecule has 12 nitrogen and oxygen atoms in total. The number of nitrogens with two attached hydrogens (primary N) is 1. The largest absolute Gasteiger partial charge is 0.369 e. The zero-order valence-corrected chi connectivity index (χ0v) is 34.2. The summed E-state index contributed by atoms with van der Waals surface area (Å²) in [5.74, 6) is 2.00. The van der Waals surface area contributed by atoms with E-state index in [1.165, 1.54) is 64.2 Å². The number of imidazole rings is 1. The normalized spacial score (nSPS) is 17.8. The van der Waals surface area contributed by atoms with Gasteiger partial charge in [-0.1, -0.05) is 95.6 Å². The Kier molecular flexibility index (Phi) is 20.9. The summed E-state index contributed by atoms with van der Waals surface area (Å²) in [4.78, 5) is 46.5. The molecule has 2 aromatic heterocycles. The van der Waals surface area contributed by atoms with Crippen molar-refractivity contribution in [1.29, 1.82) is 0 Å². The molecule has 5 N–H and O–H groups in total. The fourth-order valence-electron chi connectivity index (χ4n) is 7.82. The molecule has 3 atom stereocenters. The summed E-state index contributed by atoms with van der Waals surface area (Å²) >= 11 is 1.93. The van der Waals surface area contributed by atoms with Crippen molar-refractivity contribution < 1.29 is 14.4 Å². The lowest BCUT2D eigenvalue weighted by atomic mass is 10.0. The fourth-order valence-corrected chi connectivity index (χ4v) is 9.36. The minimum absolute atomic E-state index is 0.0424. The second kappa shape index (κ2) is 25.9. The Labute approximate surface area is 329 Å². The Morgan fingerprint density at radius 3 is 2.22 bits per heavy atom. The van der Waals surface area contributed by atoms with E-state index < -0.39 is 0 Å². The van der Waals surface area contributed by atoms with Gasteiger partial charge in [0, 0.05) is 61.8 Å². The van der Waals surface area contributed by atoms with Crippen LogP contribution in [-0.2, 0) is 29.0 Å². The van der Waals surface area contributed by atoms with Crippen molar-refractivity contribution in [3.8, 4) is 0 Å². The number of unbranched alkanes of at least 4 members (excludes halogenated alkanes) is 14. The number of hydrogen-bond acceptors (Lipinski definition) is 8. The number of nitrogens with zero attached hydrogens (tertiary/aromatic N) is 5. The van der Waals surface area contributed by atoms with Crippen molar-refractivity contribution >= 4 is 35.4 Å². The number of fused-ring (bicyclic) bond motifs is 1. The smallest absolute Gasteiger partial charge is 0.315 e. The third-order valence-electron chi connectivity index (χ3n) is 11.0. The van der Waals surface area contributed by atoms with E-state index in [0.29, 0.717) is 42.8 Å². The molecule has 2 aromatic rings. The molecule has 0 radical (unpaired) electrons. The lowest BCUT2D eigenvalue weighted by Gasteiger charge is -2.23. The van der Waals surface area contributed by atoms with Crippen LogP contribution < -0.4 is 16.4 Å². The van der Waals surface area contributed by atoms with Gasteiger partial charge in [-0.05, 0) is 57.8 Å². The van der Waals surface area contributed by atoms with E-state index in [2.05, 4.69) is 42.7 Å². The third kappa shape index (κ3) is 17.1. The van der Waals surface area contributed by atoms with E-state index in [1.807, 2.05) is 22.6 Å². The van der Waals surface area contributed by atoms with Crippen LogP contribution in [0.4, 0.5) is 10.7 Å². The van der Waals surface area contributed by atoms with Crippen molar-refractivity contribution in [2.45, 2.75) is 191 Å². The molecule has 304 valence electrons. The first kappa shape index (κ1) is 43.6. The molecule has 0 aliphatic carbocycles. The number of rotatable bonds is 32. The highest BCUT2D eigenvalue weighted by atomic mass is 32.2. The van der Waals surface area contributed by atoms with Crippen LogP contribution in [0.2, 0.25) is 0 Å². The number of Topliss-reactive ketones (excluding diaryl/α,β-unsaturated/α-hetero) is 1. The van der Waals surface area contributed by atoms with Gasteiger partial charge < -0.3 is 26.3 Å². The summed E-state index contributed by atoms with van der Waals surface area (Å²) < 4.78 is 1.87. The van der Waals surface area contributed by atoms with Crippen LogP contribution in [0.15, 0.2) is 12.4 Å². The Morgan fingerprint density at radius 1 is 0.833 bits per heavy atom. The predicted octanol–water partition coefficient (Wildman–Crippen LogP) is 7.92. The highest BCUT2D eigenvalue weighted by molar-refractivity contribution is 8.00. The third-order valence-corrected chi connectivity index (χ3v) is 12.6. The lowest BCUT2D eigenvalue weighted by Crippen LogP contribution is -2.36. The first-order valence-electron chi connectivity index (χ1n) is 21.6. The number of ketones is 1. The summed E-state index contributed by atoms with van der Waals surface area (Å²) in [7, 11) is 0. The van der Waals surface area contributed by atoms with Crippen molar-refractivity contribution in [2.24, 2.45) is 0 Å². The standard InChI is InChI=1S/C41H71N9O3S/c1-2-3-4-5-6-7-8-9-10-12-17-27-49(38(52)26-19-22-33-30-43-40(42)44-33)28-18-13-11-14-21-34-31-50(48-47-34)29-20-24-35(51)23-15-16-25-37-39-36(32-54-37)45-41(53)46-39/h30-31,36-37,39H,2-29,32H2,1H3,(H3,42,43,44)(H2,45,46,53)/t36-,37-,39-/m0/s1. The highest BCUT2D eigenvalue weighted by Gasteiger charge is 2.42. The molecule has 0 unspecified atom stereocenters. The molecule has 2 aliphatic heterocycles. The average Bonchev–Trinajstić information content (AvgIpc) is 3.96. The van der Waals surface area contributed by atoms with Gasteiger partial charge in [-0.15, -0.1) is 5.10 Å². The molecule has 0 aromatic carbocycles. The van der Waals surface area contributed by atoms with Crippen molar-refractivity contribution in [1.82, 2.24) is 40.5 Å². The Bertz CT molecular complexity index is 1350. The van der Waals surface area contributed by atoms with Crippen LogP contribution in [0.25, 0.3) is 0 Å². The highest BCUT2D eigenvalue weighted by Crippen LogP contribution is 2.33. The number of urea groups is 1. The Morgan fingerprint density at radius 2 is 1.52 bits per heavy atom. The molecule has 4 rings (SSSR count). The maximum Gasteiger partial charge on any atom is 0.315 e. The predicted molar refractivity (Wildman–Crippen MR) is 219 cm³/mol. The van der Waals surface area contributed by atoms with Crippen LogP contribution in [0.1, 0.15) is 166 Å². The second-order valence-corrected chi connectivity index (χ2v) is 17.0. The van der Waals surface area contributed by atoms with Crippen LogP contribution in [0.3, 0.4) is 0 Å². The van der Waals surface area contributed by atoms with Crippen molar-refractivity contribution in [3.05, 3.63) is 23.8 Å². The number of H-pyrrole nitrogens is 1. The topological polar surface area (TPSA) is 164 Å². The zero-order valence-electron chi connectivity index (χ0n) is 33.3. The first-order chi connectivity index (χ1) is 26.4. The van der Waals surface area contributed by atoms with Crippen molar-refractivity contribution in [2.75, 3.05) is 24.6 Å². The fraction of sp³-hybridized carbons (Fsp3) is 0.805. The van der Waals surface area contributed by atoms with Gasteiger partial charge in [-0.2, -0.15) is 11.8 Å². The lowest BCUT2D eigenvalue weighted by molar-refractivity contribution is -0.131. The van der Waals surface area contributed by atoms with Gasteiger partial charge in [-0.3, -0.25) is 14.3 Å². The summed E-state index contributed by atoms with van der Waals surface area (Å²) in [6, 6.07) is 0.457.